The van der Waals surface area contributed by atoms with Crippen LogP contribution in [0.4, 0.5) is 4.39 Å². The van der Waals surface area contributed by atoms with Gasteiger partial charge in [0.05, 0.1) is 12.5 Å². The van der Waals surface area contributed by atoms with Crippen LogP contribution >= 0.6 is 0 Å². The Labute approximate surface area is 298 Å². The van der Waals surface area contributed by atoms with Gasteiger partial charge in [0, 0.05) is 13.0 Å². The van der Waals surface area contributed by atoms with Crippen LogP contribution in [0, 0.1) is 11.7 Å². The number of hydrogen-bond acceptors (Lipinski definition) is 5. The summed E-state index contributed by atoms with van der Waals surface area (Å²) < 4.78 is 25.3. The predicted molar refractivity (Wildman–Crippen MR) is 192 cm³/mol. The van der Waals surface area contributed by atoms with E-state index in [-0.39, 0.29) is 23.6 Å². The van der Waals surface area contributed by atoms with Crippen LogP contribution in [0.15, 0.2) is 91.0 Å². The molecule has 0 radical (unpaired) electrons. The van der Waals surface area contributed by atoms with Gasteiger partial charge in [0.1, 0.15) is 34.9 Å². The van der Waals surface area contributed by atoms with Crippen LogP contribution in [-0.2, 0) is 26.2 Å². The third-order valence-electron chi connectivity index (χ3n) is 9.83. The van der Waals surface area contributed by atoms with E-state index in [4.69, 9.17) is 9.47 Å². The molecule has 0 spiro atoms. The van der Waals surface area contributed by atoms with E-state index >= 15 is 0 Å². The van der Waals surface area contributed by atoms with E-state index in [1.54, 1.807) is 29.2 Å². The van der Waals surface area contributed by atoms with Crippen molar-refractivity contribution in [1.82, 2.24) is 10.2 Å². The molecule has 1 heterocycles. The van der Waals surface area contributed by atoms with Crippen molar-refractivity contribution in [3.05, 3.63) is 119 Å². The first-order chi connectivity index (χ1) is 24.4. The van der Waals surface area contributed by atoms with E-state index in [0.717, 1.165) is 31.2 Å². The number of carboxylic acids is 1. The van der Waals surface area contributed by atoms with Gasteiger partial charge in [-0.05, 0) is 114 Å². The van der Waals surface area contributed by atoms with Crippen molar-refractivity contribution in [2.24, 2.45) is 5.92 Å². The Balaban J connectivity index is 1.24. The standard InChI is InChI=1S/C42H45FN2O6/c1-42(2,3)30-10-16-33(17-11-30)51-35-20-21-36-29(25-35)22-23-45(38(46)24-27-6-4-5-7-27)40(36)41(49)44-37(26-39(47)48)28-8-14-32(15-9-28)50-34-18-12-31(43)13-19-34/h8-21,25,27,37,40H,4-7,22-24,26H2,1-3H3,(H,44,49)(H,47,48). The highest BCUT2D eigenvalue weighted by atomic mass is 19.1. The monoisotopic (exact) mass is 692 g/mol. The molecule has 1 aliphatic carbocycles. The molecule has 266 valence electrons. The molecular weight excluding hydrogens is 647 g/mol. The minimum atomic E-state index is -1.08. The zero-order chi connectivity index (χ0) is 36.1. The van der Waals surface area contributed by atoms with Crippen LogP contribution in [-0.4, -0.2) is 34.3 Å². The highest BCUT2D eigenvalue weighted by Crippen LogP contribution is 2.37. The minimum Gasteiger partial charge on any atom is -0.481 e. The molecule has 2 atom stereocenters. The number of ether oxygens (including phenoxy) is 2. The lowest BCUT2D eigenvalue weighted by atomic mass is 9.87. The maximum Gasteiger partial charge on any atom is 0.305 e. The van der Waals surface area contributed by atoms with Crippen molar-refractivity contribution in [1.29, 1.82) is 0 Å². The summed E-state index contributed by atoms with van der Waals surface area (Å²) in [6.45, 7) is 6.84. The zero-order valence-corrected chi connectivity index (χ0v) is 29.4. The number of nitrogens with one attached hydrogen (secondary N) is 1. The minimum absolute atomic E-state index is 0.0214. The highest BCUT2D eigenvalue weighted by molar-refractivity contribution is 5.90. The second-order valence-corrected chi connectivity index (χ2v) is 14.6. The fourth-order valence-corrected chi connectivity index (χ4v) is 7.04. The van der Waals surface area contributed by atoms with Crippen LogP contribution in [0.5, 0.6) is 23.0 Å². The Morgan fingerprint density at radius 2 is 1.41 bits per heavy atom. The van der Waals surface area contributed by atoms with Crippen molar-refractivity contribution in [2.45, 2.75) is 83.2 Å². The molecule has 4 aromatic rings. The summed E-state index contributed by atoms with van der Waals surface area (Å²) in [5.41, 5.74) is 3.39. The summed E-state index contributed by atoms with van der Waals surface area (Å²) in [5.74, 6) is 0.592. The van der Waals surface area contributed by atoms with Crippen LogP contribution in [0.3, 0.4) is 0 Å². The van der Waals surface area contributed by atoms with Gasteiger partial charge in [-0.25, -0.2) is 4.39 Å². The van der Waals surface area contributed by atoms with E-state index in [1.165, 1.54) is 29.8 Å². The maximum absolute atomic E-state index is 14.3. The second kappa shape index (κ2) is 15.4. The van der Waals surface area contributed by atoms with Crippen molar-refractivity contribution in [2.75, 3.05) is 6.54 Å². The third-order valence-corrected chi connectivity index (χ3v) is 9.83. The molecule has 4 aromatic carbocycles. The summed E-state index contributed by atoms with van der Waals surface area (Å²) in [5, 5.41) is 12.8. The van der Waals surface area contributed by atoms with E-state index in [1.807, 2.05) is 30.3 Å². The maximum atomic E-state index is 14.3. The SMILES string of the molecule is CC(C)(C)c1ccc(Oc2ccc3c(c2)CCN(C(=O)CC2CCCC2)C3C(=O)NC(CC(=O)O)c2ccc(Oc3ccc(F)cc3)cc2)cc1. The van der Waals surface area contributed by atoms with E-state index < -0.39 is 24.0 Å². The number of carboxylic acid groups (broad SMARTS) is 1. The average Bonchev–Trinajstić information content (AvgIpc) is 3.61. The number of carbonyl (C=O) groups is 3. The Morgan fingerprint density at radius 3 is 2.02 bits per heavy atom. The van der Waals surface area contributed by atoms with Crippen molar-refractivity contribution in [3.63, 3.8) is 0 Å². The molecule has 9 heteroatoms. The van der Waals surface area contributed by atoms with Gasteiger partial charge in [0.25, 0.3) is 0 Å². The number of aliphatic carboxylic acids is 1. The average molecular weight is 693 g/mol. The van der Waals surface area contributed by atoms with Gasteiger partial charge >= 0.3 is 5.97 Å². The smallest absolute Gasteiger partial charge is 0.305 e. The lowest BCUT2D eigenvalue weighted by Crippen LogP contribution is -2.48. The molecule has 1 aliphatic heterocycles. The molecule has 2 aliphatic rings. The number of fused-ring (bicyclic) bond motifs is 1. The van der Waals surface area contributed by atoms with Crippen LogP contribution in [0.25, 0.3) is 0 Å². The molecule has 1 saturated carbocycles. The lowest BCUT2D eigenvalue weighted by Gasteiger charge is -2.38. The second-order valence-electron chi connectivity index (χ2n) is 14.6. The Kier molecular flexibility index (Phi) is 10.7. The Bertz CT molecular complexity index is 1840. The summed E-state index contributed by atoms with van der Waals surface area (Å²) in [6.07, 6.45) is 4.81. The highest BCUT2D eigenvalue weighted by Gasteiger charge is 2.38. The van der Waals surface area contributed by atoms with Crippen molar-refractivity contribution < 1.29 is 33.4 Å². The first-order valence-electron chi connectivity index (χ1n) is 17.7. The number of carbonyl (C=O) groups excluding carboxylic acids is 2. The molecule has 0 saturated heterocycles. The summed E-state index contributed by atoms with van der Waals surface area (Å²) >= 11 is 0. The zero-order valence-electron chi connectivity index (χ0n) is 29.4. The number of rotatable bonds is 11. The normalized spacial score (nSPS) is 16.6. The molecule has 0 aromatic heterocycles. The number of benzene rings is 4. The molecule has 1 fully saturated rings. The quantitative estimate of drug-likeness (QED) is 0.163. The van der Waals surface area contributed by atoms with Gasteiger partial charge in [-0.15, -0.1) is 0 Å². The van der Waals surface area contributed by atoms with Gasteiger partial charge in [-0.2, -0.15) is 0 Å². The molecule has 51 heavy (non-hydrogen) atoms. The van der Waals surface area contributed by atoms with Gasteiger partial charge < -0.3 is 24.8 Å². The molecule has 0 bridgehead atoms. The number of hydrogen-bond donors (Lipinski definition) is 2. The predicted octanol–water partition coefficient (Wildman–Crippen LogP) is 9.05. The molecule has 8 nitrogen and oxygen atoms in total. The fraction of sp³-hybridized carbons (Fsp3) is 0.357. The van der Waals surface area contributed by atoms with E-state index in [2.05, 4.69) is 38.2 Å². The van der Waals surface area contributed by atoms with Crippen LogP contribution in [0.2, 0.25) is 0 Å². The van der Waals surface area contributed by atoms with Crippen LogP contribution in [0.1, 0.15) is 93.6 Å². The number of nitrogens with zero attached hydrogens (tertiary/aromatic N) is 1. The van der Waals surface area contributed by atoms with Crippen molar-refractivity contribution >= 4 is 17.8 Å². The molecule has 6 rings (SSSR count). The number of amides is 2. The lowest BCUT2D eigenvalue weighted by molar-refractivity contribution is -0.143. The summed E-state index contributed by atoms with van der Waals surface area (Å²) in [7, 11) is 0. The van der Waals surface area contributed by atoms with Crippen LogP contribution < -0.4 is 14.8 Å². The first-order valence-corrected chi connectivity index (χ1v) is 17.7. The molecule has 2 N–H and O–H groups in total. The van der Waals surface area contributed by atoms with Crippen molar-refractivity contribution in [3.8, 4) is 23.0 Å². The molecule has 2 amide bonds. The summed E-state index contributed by atoms with van der Waals surface area (Å²) in [4.78, 5) is 41.8. The molecule has 2 unspecified atom stereocenters. The first kappa shape index (κ1) is 35.6. The van der Waals surface area contributed by atoms with E-state index in [9.17, 15) is 23.9 Å². The number of halogens is 1. The topological polar surface area (TPSA) is 105 Å². The fourth-order valence-electron chi connectivity index (χ4n) is 7.04. The Hall–Kier alpha value is -5.18. The molecular formula is C42H45FN2O6. The third kappa shape index (κ3) is 8.95. The summed E-state index contributed by atoms with van der Waals surface area (Å²) in [6, 6.07) is 24.2. The van der Waals surface area contributed by atoms with Gasteiger partial charge in [0.15, 0.2) is 0 Å². The van der Waals surface area contributed by atoms with Gasteiger partial charge in [-0.3, -0.25) is 14.4 Å². The Morgan fingerprint density at radius 1 is 0.843 bits per heavy atom. The van der Waals surface area contributed by atoms with Gasteiger partial charge in [-0.1, -0.05) is 63.9 Å². The van der Waals surface area contributed by atoms with Gasteiger partial charge in [0.2, 0.25) is 11.8 Å². The largest absolute Gasteiger partial charge is 0.481 e. The van der Waals surface area contributed by atoms with E-state index in [0.29, 0.717) is 59.4 Å².